The number of hydrogen-bond acceptors (Lipinski definition) is 3. The van der Waals surface area contributed by atoms with Gasteiger partial charge in [-0.2, -0.15) is 0 Å². The van der Waals surface area contributed by atoms with Gasteiger partial charge in [-0.1, -0.05) is 12.2 Å². The van der Waals surface area contributed by atoms with Gasteiger partial charge in [-0.3, -0.25) is 0 Å². The van der Waals surface area contributed by atoms with E-state index in [1.54, 1.807) is 6.20 Å². The first kappa shape index (κ1) is 10.3. The van der Waals surface area contributed by atoms with Crippen LogP contribution in [0.2, 0.25) is 0 Å². The summed E-state index contributed by atoms with van der Waals surface area (Å²) in [5.41, 5.74) is 6.23. The molecule has 0 amide bonds. The Morgan fingerprint density at radius 1 is 1.29 bits per heavy atom. The van der Waals surface area contributed by atoms with Crippen molar-refractivity contribution < 1.29 is 0 Å². The van der Waals surface area contributed by atoms with Crippen molar-refractivity contribution in [2.24, 2.45) is 0 Å². The first-order chi connectivity index (χ1) is 6.77. The van der Waals surface area contributed by atoms with Gasteiger partial charge >= 0.3 is 0 Å². The zero-order valence-corrected chi connectivity index (χ0v) is 8.19. The fourth-order valence-corrected chi connectivity index (χ4v) is 1.16. The van der Waals surface area contributed by atoms with Crippen LogP contribution < -0.4 is 10.6 Å². The van der Waals surface area contributed by atoms with Crippen molar-refractivity contribution in [2.75, 3.05) is 23.7 Å². The fraction of sp³-hybridized carbons (Fsp3) is 0.182. The smallest absolute Gasteiger partial charge is 0.129 e. The molecule has 3 nitrogen and oxygen atoms in total. The molecule has 1 rings (SSSR count). The molecular weight excluding hydrogens is 174 g/mol. The molecule has 1 aromatic rings. The number of anilines is 2. The van der Waals surface area contributed by atoms with Crippen LogP contribution in [0.5, 0.6) is 0 Å². The van der Waals surface area contributed by atoms with E-state index in [4.69, 9.17) is 5.73 Å². The summed E-state index contributed by atoms with van der Waals surface area (Å²) in [5.74, 6) is 0.888. The number of rotatable bonds is 5. The molecule has 0 aliphatic heterocycles. The molecule has 74 valence electrons. The molecule has 1 aromatic heterocycles. The molecule has 0 radical (unpaired) electrons. The number of aromatic nitrogens is 1. The van der Waals surface area contributed by atoms with Crippen molar-refractivity contribution in [1.82, 2.24) is 4.98 Å². The molecule has 0 unspecified atom stereocenters. The second-order valence-electron chi connectivity index (χ2n) is 2.93. The third kappa shape index (κ3) is 2.62. The van der Waals surface area contributed by atoms with E-state index in [2.05, 4.69) is 23.0 Å². The van der Waals surface area contributed by atoms with Gasteiger partial charge in [-0.25, -0.2) is 4.98 Å². The highest BCUT2D eigenvalue weighted by atomic mass is 15.2. The van der Waals surface area contributed by atoms with E-state index in [1.165, 1.54) is 0 Å². The Balaban J connectivity index is 2.80. The predicted octanol–water partition coefficient (Wildman–Crippen LogP) is 1.84. The van der Waals surface area contributed by atoms with Gasteiger partial charge in [0, 0.05) is 13.1 Å². The van der Waals surface area contributed by atoms with E-state index >= 15 is 0 Å². The van der Waals surface area contributed by atoms with Gasteiger partial charge in [0.05, 0.1) is 11.9 Å². The normalized spacial score (nSPS) is 9.43. The van der Waals surface area contributed by atoms with E-state index in [0.29, 0.717) is 5.69 Å². The van der Waals surface area contributed by atoms with Crippen LogP contribution in [0, 0.1) is 0 Å². The van der Waals surface area contributed by atoms with Crippen LogP contribution in [-0.4, -0.2) is 18.1 Å². The summed E-state index contributed by atoms with van der Waals surface area (Å²) in [6.07, 6.45) is 5.32. The highest BCUT2D eigenvalue weighted by Gasteiger charge is 2.02. The molecule has 3 heteroatoms. The third-order valence-corrected chi connectivity index (χ3v) is 1.79. The average molecular weight is 189 g/mol. The lowest BCUT2D eigenvalue weighted by Gasteiger charge is -2.19. The summed E-state index contributed by atoms with van der Waals surface area (Å²) < 4.78 is 0. The van der Waals surface area contributed by atoms with E-state index in [-0.39, 0.29) is 0 Å². The molecule has 0 bridgehead atoms. The van der Waals surface area contributed by atoms with E-state index in [9.17, 15) is 0 Å². The van der Waals surface area contributed by atoms with Crippen LogP contribution in [0.25, 0.3) is 0 Å². The average Bonchev–Trinajstić information content (AvgIpc) is 2.19. The summed E-state index contributed by atoms with van der Waals surface area (Å²) in [4.78, 5) is 6.28. The van der Waals surface area contributed by atoms with Crippen molar-refractivity contribution in [3.05, 3.63) is 43.6 Å². The third-order valence-electron chi connectivity index (χ3n) is 1.79. The summed E-state index contributed by atoms with van der Waals surface area (Å²) in [7, 11) is 0. The van der Waals surface area contributed by atoms with Crippen LogP contribution >= 0.6 is 0 Å². The fourth-order valence-electron chi connectivity index (χ4n) is 1.16. The Morgan fingerprint density at radius 2 is 1.93 bits per heavy atom. The monoisotopic (exact) mass is 189 g/mol. The number of nitrogen functional groups attached to an aromatic ring is 1. The minimum atomic E-state index is 0.672. The highest BCUT2D eigenvalue weighted by molar-refractivity contribution is 5.46. The standard InChI is InChI=1S/C11H15N3/c1-3-7-14(8-4-2)11-6-5-10(12)9-13-11/h3-6,9H,1-2,7-8,12H2. The van der Waals surface area contributed by atoms with Gasteiger partial charge in [0.25, 0.3) is 0 Å². The summed E-state index contributed by atoms with van der Waals surface area (Å²) in [6, 6.07) is 3.73. The summed E-state index contributed by atoms with van der Waals surface area (Å²) in [6.45, 7) is 8.90. The Labute approximate surface area is 84.6 Å². The summed E-state index contributed by atoms with van der Waals surface area (Å²) >= 11 is 0. The van der Waals surface area contributed by atoms with Crippen LogP contribution in [0.4, 0.5) is 11.5 Å². The van der Waals surface area contributed by atoms with Crippen LogP contribution in [0.1, 0.15) is 0 Å². The van der Waals surface area contributed by atoms with Crippen molar-refractivity contribution in [3.63, 3.8) is 0 Å². The number of hydrogen-bond donors (Lipinski definition) is 1. The number of pyridine rings is 1. The molecular formula is C11H15N3. The van der Waals surface area contributed by atoms with Crippen molar-refractivity contribution in [2.45, 2.75) is 0 Å². The SMILES string of the molecule is C=CCN(CC=C)c1ccc(N)cn1. The predicted molar refractivity (Wildman–Crippen MR) is 61.3 cm³/mol. The molecule has 0 fully saturated rings. The van der Waals surface area contributed by atoms with Gasteiger partial charge in [0.15, 0.2) is 0 Å². The van der Waals surface area contributed by atoms with Crippen LogP contribution in [0.3, 0.4) is 0 Å². The van der Waals surface area contributed by atoms with Crippen molar-refractivity contribution in [1.29, 1.82) is 0 Å². The zero-order valence-electron chi connectivity index (χ0n) is 8.19. The first-order valence-corrected chi connectivity index (χ1v) is 4.46. The van der Waals surface area contributed by atoms with Gasteiger partial charge in [-0.15, -0.1) is 13.2 Å². The quantitative estimate of drug-likeness (QED) is 0.719. The lowest BCUT2D eigenvalue weighted by atomic mass is 10.3. The van der Waals surface area contributed by atoms with Gasteiger partial charge in [-0.05, 0) is 12.1 Å². The highest BCUT2D eigenvalue weighted by Crippen LogP contribution is 2.11. The lowest BCUT2D eigenvalue weighted by molar-refractivity contribution is 0.927. The van der Waals surface area contributed by atoms with Crippen LogP contribution in [-0.2, 0) is 0 Å². The maximum Gasteiger partial charge on any atom is 0.129 e. The Morgan fingerprint density at radius 3 is 2.36 bits per heavy atom. The van der Waals surface area contributed by atoms with E-state index in [0.717, 1.165) is 18.9 Å². The molecule has 14 heavy (non-hydrogen) atoms. The Bertz CT molecular complexity index is 293. The van der Waals surface area contributed by atoms with Gasteiger partial charge in [0.2, 0.25) is 0 Å². The zero-order chi connectivity index (χ0) is 10.4. The molecule has 0 aromatic carbocycles. The molecule has 2 N–H and O–H groups in total. The molecule has 0 spiro atoms. The molecule has 0 aliphatic rings. The van der Waals surface area contributed by atoms with Crippen molar-refractivity contribution in [3.8, 4) is 0 Å². The molecule has 1 heterocycles. The largest absolute Gasteiger partial charge is 0.397 e. The maximum atomic E-state index is 5.55. The number of nitrogens with two attached hydrogens (primary N) is 1. The minimum Gasteiger partial charge on any atom is -0.397 e. The molecule has 0 saturated heterocycles. The second-order valence-corrected chi connectivity index (χ2v) is 2.93. The van der Waals surface area contributed by atoms with Gasteiger partial charge in [0.1, 0.15) is 5.82 Å². The van der Waals surface area contributed by atoms with E-state index < -0.39 is 0 Å². The first-order valence-electron chi connectivity index (χ1n) is 4.46. The Kier molecular flexibility index (Phi) is 3.73. The minimum absolute atomic E-state index is 0.672. The number of nitrogens with zero attached hydrogens (tertiary/aromatic N) is 2. The van der Waals surface area contributed by atoms with Crippen molar-refractivity contribution >= 4 is 11.5 Å². The Hall–Kier alpha value is -1.77. The van der Waals surface area contributed by atoms with Gasteiger partial charge < -0.3 is 10.6 Å². The maximum absolute atomic E-state index is 5.55. The molecule has 0 aliphatic carbocycles. The molecule has 0 saturated carbocycles. The summed E-state index contributed by atoms with van der Waals surface area (Å²) in [5, 5.41) is 0. The van der Waals surface area contributed by atoms with Crippen LogP contribution in [0.15, 0.2) is 43.6 Å². The lowest BCUT2D eigenvalue weighted by Crippen LogP contribution is -2.23. The van der Waals surface area contributed by atoms with E-state index in [1.807, 2.05) is 24.3 Å². The second kappa shape index (κ2) is 5.07. The molecule has 0 atom stereocenters. The topological polar surface area (TPSA) is 42.1 Å².